The number of nitrogens with zero attached hydrogens (tertiary/aromatic N) is 1. The lowest BCUT2D eigenvalue weighted by Crippen LogP contribution is -2.08. The third-order valence-corrected chi connectivity index (χ3v) is 2.88. The molecule has 0 amide bonds. The van der Waals surface area contributed by atoms with E-state index < -0.39 is 0 Å². The molecule has 2 nitrogen and oxygen atoms in total. The van der Waals surface area contributed by atoms with Gasteiger partial charge in [0, 0.05) is 5.39 Å². The number of aromatic nitrogens is 1. The van der Waals surface area contributed by atoms with E-state index in [2.05, 4.69) is 31.0 Å². The topological polar surface area (TPSA) is 22.1 Å². The van der Waals surface area contributed by atoms with Crippen LogP contribution in [0.4, 0.5) is 0 Å². The number of pyridine rings is 1. The summed E-state index contributed by atoms with van der Waals surface area (Å²) in [6.45, 7) is 5.19. The number of hydrogen-bond acceptors (Lipinski definition) is 2. The van der Waals surface area contributed by atoms with Gasteiger partial charge in [-0.25, -0.2) is 0 Å². The van der Waals surface area contributed by atoms with Gasteiger partial charge in [-0.1, -0.05) is 38.5 Å². The molecule has 1 unspecified atom stereocenters. The van der Waals surface area contributed by atoms with Crippen molar-refractivity contribution in [3.05, 3.63) is 36.5 Å². The van der Waals surface area contributed by atoms with Gasteiger partial charge >= 0.3 is 0 Å². The zero-order valence-electron chi connectivity index (χ0n) is 10.5. The first-order valence-electron chi connectivity index (χ1n) is 6.27. The highest BCUT2D eigenvalue weighted by Crippen LogP contribution is 2.18. The largest absolute Gasteiger partial charge is 0.492 e. The fourth-order valence-corrected chi connectivity index (χ4v) is 1.94. The third kappa shape index (κ3) is 3.19. The number of ether oxygens (including phenoxy) is 1. The summed E-state index contributed by atoms with van der Waals surface area (Å²) < 4.78 is 5.77. The molecular weight excluding hydrogens is 210 g/mol. The van der Waals surface area contributed by atoms with Crippen LogP contribution in [0.2, 0.25) is 0 Å². The maximum atomic E-state index is 5.77. The van der Waals surface area contributed by atoms with Crippen molar-refractivity contribution in [2.45, 2.75) is 26.7 Å². The number of rotatable bonds is 5. The summed E-state index contributed by atoms with van der Waals surface area (Å²) in [6.07, 6.45) is 4.22. The molecule has 0 saturated carbocycles. The lowest BCUT2D eigenvalue weighted by atomic mass is 10.1. The van der Waals surface area contributed by atoms with Crippen LogP contribution in [-0.2, 0) is 0 Å². The van der Waals surface area contributed by atoms with Gasteiger partial charge in [-0.2, -0.15) is 0 Å². The monoisotopic (exact) mass is 229 g/mol. The summed E-state index contributed by atoms with van der Waals surface area (Å²) in [6, 6.07) is 10.1. The molecule has 0 fully saturated rings. The molecule has 2 heteroatoms. The van der Waals surface area contributed by atoms with E-state index in [-0.39, 0.29) is 0 Å². The predicted molar refractivity (Wildman–Crippen MR) is 71.3 cm³/mol. The summed E-state index contributed by atoms with van der Waals surface area (Å²) in [5.74, 6) is 1.47. The van der Waals surface area contributed by atoms with Crippen molar-refractivity contribution in [1.29, 1.82) is 0 Å². The van der Waals surface area contributed by atoms with E-state index in [4.69, 9.17) is 4.74 Å². The number of hydrogen-bond donors (Lipinski definition) is 0. The molecule has 1 heterocycles. The van der Waals surface area contributed by atoms with Crippen molar-refractivity contribution < 1.29 is 4.74 Å². The molecule has 2 rings (SSSR count). The van der Waals surface area contributed by atoms with E-state index in [1.165, 1.54) is 12.8 Å². The lowest BCUT2D eigenvalue weighted by Gasteiger charge is -2.12. The molecule has 0 radical (unpaired) electrons. The predicted octanol–water partition coefficient (Wildman–Crippen LogP) is 4.05. The number of fused-ring (bicyclic) bond motifs is 1. The lowest BCUT2D eigenvalue weighted by molar-refractivity contribution is 0.251. The Bertz CT molecular complexity index is 481. The zero-order chi connectivity index (χ0) is 12.1. The van der Waals surface area contributed by atoms with Crippen LogP contribution in [0.5, 0.6) is 5.75 Å². The maximum absolute atomic E-state index is 5.77. The molecule has 0 aliphatic rings. The minimum absolute atomic E-state index is 0.603. The molecule has 0 saturated heterocycles. The first kappa shape index (κ1) is 11.9. The molecule has 1 aromatic carbocycles. The van der Waals surface area contributed by atoms with Crippen LogP contribution in [0, 0.1) is 5.92 Å². The Morgan fingerprint density at radius 2 is 2.12 bits per heavy atom. The van der Waals surface area contributed by atoms with Crippen molar-refractivity contribution >= 4 is 10.9 Å². The summed E-state index contributed by atoms with van der Waals surface area (Å²) in [7, 11) is 0. The molecule has 1 atom stereocenters. The fourth-order valence-electron chi connectivity index (χ4n) is 1.94. The molecule has 0 spiro atoms. The minimum Gasteiger partial charge on any atom is -0.492 e. The molecule has 0 bridgehead atoms. The van der Waals surface area contributed by atoms with E-state index in [1.807, 2.05) is 18.2 Å². The van der Waals surface area contributed by atoms with Crippen molar-refractivity contribution in [2.75, 3.05) is 6.61 Å². The van der Waals surface area contributed by atoms with Crippen LogP contribution in [-0.4, -0.2) is 11.6 Å². The van der Waals surface area contributed by atoms with Crippen LogP contribution in [0.1, 0.15) is 26.7 Å². The second-order valence-electron chi connectivity index (χ2n) is 4.57. The van der Waals surface area contributed by atoms with Gasteiger partial charge in [-0.3, -0.25) is 4.98 Å². The van der Waals surface area contributed by atoms with Gasteiger partial charge in [-0.05, 0) is 24.5 Å². The van der Waals surface area contributed by atoms with Gasteiger partial charge < -0.3 is 4.74 Å². The molecule has 90 valence electrons. The number of para-hydroxylation sites is 1. The second-order valence-corrected chi connectivity index (χ2v) is 4.57. The van der Waals surface area contributed by atoms with Crippen LogP contribution >= 0.6 is 0 Å². The maximum Gasteiger partial charge on any atom is 0.138 e. The molecule has 1 aromatic heterocycles. The molecule has 0 aliphatic heterocycles. The first-order chi connectivity index (χ1) is 8.29. The molecule has 0 aliphatic carbocycles. The summed E-state index contributed by atoms with van der Waals surface area (Å²) in [5, 5.41) is 1.13. The Hall–Kier alpha value is -1.57. The summed E-state index contributed by atoms with van der Waals surface area (Å²) in [4.78, 5) is 4.38. The molecule has 2 aromatic rings. The normalized spacial score (nSPS) is 12.6. The fraction of sp³-hybridized carbons (Fsp3) is 0.400. The van der Waals surface area contributed by atoms with Crippen molar-refractivity contribution in [3.63, 3.8) is 0 Å². The van der Waals surface area contributed by atoms with Gasteiger partial charge in [0.05, 0.1) is 18.3 Å². The van der Waals surface area contributed by atoms with Gasteiger partial charge in [0.1, 0.15) is 5.75 Å². The first-order valence-corrected chi connectivity index (χ1v) is 6.27. The molecule has 17 heavy (non-hydrogen) atoms. The van der Waals surface area contributed by atoms with Crippen molar-refractivity contribution in [2.24, 2.45) is 5.92 Å². The van der Waals surface area contributed by atoms with Gasteiger partial charge in [-0.15, -0.1) is 0 Å². The highest BCUT2D eigenvalue weighted by atomic mass is 16.5. The van der Waals surface area contributed by atoms with Crippen LogP contribution in [0.15, 0.2) is 36.5 Å². The average molecular weight is 229 g/mol. The van der Waals surface area contributed by atoms with Gasteiger partial charge in [0.15, 0.2) is 0 Å². The van der Waals surface area contributed by atoms with Crippen LogP contribution in [0.25, 0.3) is 10.9 Å². The highest BCUT2D eigenvalue weighted by molar-refractivity contribution is 5.79. The quantitative estimate of drug-likeness (QED) is 0.771. The summed E-state index contributed by atoms with van der Waals surface area (Å²) >= 11 is 0. The molecular formula is C15H19NO. The van der Waals surface area contributed by atoms with E-state index in [9.17, 15) is 0 Å². The van der Waals surface area contributed by atoms with E-state index in [0.717, 1.165) is 23.3 Å². The average Bonchev–Trinajstić information content (AvgIpc) is 2.36. The van der Waals surface area contributed by atoms with E-state index >= 15 is 0 Å². The van der Waals surface area contributed by atoms with Gasteiger partial charge in [0.2, 0.25) is 0 Å². The Labute approximate surface area is 103 Å². The Balaban J connectivity index is 2.04. The van der Waals surface area contributed by atoms with Gasteiger partial charge in [0.25, 0.3) is 0 Å². The Morgan fingerprint density at radius 1 is 1.29 bits per heavy atom. The number of benzene rings is 1. The van der Waals surface area contributed by atoms with E-state index in [1.54, 1.807) is 6.20 Å². The van der Waals surface area contributed by atoms with E-state index in [0.29, 0.717) is 5.92 Å². The van der Waals surface area contributed by atoms with Crippen molar-refractivity contribution in [1.82, 2.24) is 4.98 Å². The minimum atomic E-state index is 0.603. The SMILES string of the molecule is CCCC(C)COc1cnc2ccccc2c1. The molecule has 0 N–H and O–H groups in total. The summed E-state index contributed by atoms with van der Waals surface area (Å²) in [5.41, 5.74) is 1.02. The Kier molecular flexibility index (Phi) is 3.97. The Morgan fingerprint density at radius 3 is 2.94 bits per heavy atom. The third-order valence-electron chi connectivity index (χ3n) is 2.88. The second kappa shape index (κ2) is 5.67. The standard InChI is InChI=1S/C15H19NO/c1-3-6-12(2)11-17-14-9-13-7-4-5-8-15(13)16-10-14/h4-5,7-10,12H,3,6,11H2,1-2H3. The van der Waals surface area contributed by atoms with Crippen LogP contribution < -0.4 is 4.74 Å². The zero-order valence-corrected chi connectivity index (χ0v) is 10.5. The van der Waals surface area contributed by atoms with Crippen LogP contribution in [0.3, 0.4) is 0 Å². The highest BCUT2D eigenvalue weighted by Gasteiger charge is 2.03. The van der Waals surface area contributed by atoms with Crippen molar-refractivity contribution in [3.8, 4) is 5.75 Å². The smallest absolute Gasteiger partial charge is 0.138 e.